The fourth-order valence-electron chi connectivity index (χ4n) is 4.45. The second kappa shape index (κ2) is 8.53. The lowest BCUT2D eigenvalue weighted by atomic mass is 9.89. The molecule has 7 nitrogen and oxygen atoms in total. The zero-order chi connectivity index (χ0) is 22.0. The van der Waals surface area contributed by atoms with E-state index in [0.717, 1.165) is 11.1 Å². The lowest BCUT2D eigenvalue weighted by Gasteiger charge is -2.32. The van der Waals surface area contributed by atoms with Crippen molar-refractivity contribution in [2.24, 2.45) is 0 Å². The van der Waals surface area contributed by atoms with Gasteiger partial charge in [-0.3, -0.25) is 19.9 Å². The third-order valence-corrected chi connectivity index (χ3v) is 5.80. The molecule has 1 aliphatic heterocycles. The van der Waals surface area contributed by atoms with Gasteiger partial charge in [-0.25, -0.2) is 0 Å². The normalized spacial score (nSPS) is 18.3. The average molecular weight is 421 g/mol. The maximum atomic E-state index is 13.7. The largest absolute Gasteiger partial charge is 0.372 e. The molecule has 1 saturated heterocycles. The van der Waals surface area contributed by atoms with Crippen molar-refractivity contribution >= 4 is 11.8 Å². The van der Waals surface area contributed by atoms with Crippen molar-refractivity contribution < 1.29 is 19.5 Å². The third-order valence-electron chi connectivity index (χ3n) is 5.80. The number of carbonyl (C=O) groups excluding carboxylic acids is 2. The number of aliphatic hydroxyl groups is 1. The number of hydroxylamine groups is 1. The summed E-state index contributed by atoms with van der Waals surface area (Å²) in [5, 5.41) is 14.6. The molecule has 0 bridgehead atoms. The van der Waals surface area contributed by atoms with Gasteiger partial charge in [0.15, 0.2) is 5.60 Å². The number of amides is 2. The Bertz CT molecular complexity index is 974. The monoisotopic (exact) mass is 421 g/mol. The minimum absolute atomic E-state index is 0.243. The SMILES string of the molecule is C=C(C)NOCCNC(=O)[C@@H]1CCCN1C(=O)C1(O)c2ccccc2-c2ccccc21. The maximum absolute atomic E-state index is 13.7. The van der Waals surface area contributed by atoms with E-state index >= 15 is 0 Å². The fourth-order valence-corrected chi connectivity index (χ4v) is 4.45. The number of hydrogen-bond donors (Lipinski definition) is 3. The molecule has 162 valence electrons. The molecule has 0 saturated carbocycles. The molecule has 0 radical (unpaired) electrons. The molecule has 1 heterocycles. The quantitative estimate of drug-likeness (QED) is 0.470. The number of nitrogens with one attached hydrogen (secondary N) is 2. The number of carbonyl (C=O) groups is 2. The lowest BCUT2D eigenvalue weighted by molar-refractivity contribution is -0.151. The zero-order valence-corrected chi connectivity index (χ0v) is 17.6. The van der Waals surface area contributed by atoms with Gasteiger partial charge in [-0.1, -0.05) is 55.1 Å². The second-order valence-corrected chi connectivity index (χ2v) is 7.98. The molecule has 3 N–H and O–H groups in total. The average Bonchev–Trinajstić information content (AvgIpc) is 3.36. The molecular weight excluding hydrogens is 394 g/mol. The Kier molecular flexibility index (Phi) is 5.80. The van der Waals surface area contributed by atoms with E-state index < -0.39 is 17.6 Å². The minimum Gasteiger partial charge on any atom is -0.372 e. The van der Waals surface area contributed by atoms with Gasteiger partial charge in [-0.05, 0) is 30.9 Å². The fraction of sp³-hybridized carbons (Fsp3) is 0.333. The summed E-state index contributed by atoms with van der Waals surface area (Å²) in [4.78, 5) is 33.2. The lowest BCUT2D eigenvalue weighted by Crippen LogP contribution is -2.53. The molecule has 31 heavy (non-hydrogen) atoms. The highest BCUT2D eigenvalue weighted by atomic mass is 16.6. The molecule has 0 spiro atoms. The van der Waals surface area contributed by atoms with Crippen molar-refractivity contribution in [1.29, 1.82) is 0 Å². The van der Waals surface area contributed by atoms with Crippen LogP contribution in [0.4, 0.5) is 0 Å². The number of rotatable bonds is 7. The topological polar surface area (TPSA) is 90.9 Å². The molecule has 2 aliphatic rings. The Hall–Kier alpha value is -3.16. The predicted octanol–water partition coefficient (Wildman–Crippen LogP) is 2.06. The van der Waals surface area contributed by atoms with Crippen LogP contribution in [0.3, 0.4) is 0 Å². The summed E-state index contributed by atoms with van der Waals surface area (Å²) in [5.74, 6) is -0.698. The van der Waals surface area contributed by atoms with Gasteiger partial charge >= 0.3 is 0 Å². The van der Waals surface area contributed by atoms with Crippen LogP contribution in [0, 0.1) is 0 Å². The summed E-state index contributed by atoms with van der Waals surface area (Å²) in [5.41, 5.74) is 4.31. The summed E-state index contributed by atoms with van der Waals surface area (Å²) < 4.78 is 0. The second-order valence-electron chi connectivity index (χ2n) is 7.98. The van der Waals surface area contributed by atoms with E-state index in [2.05, 4.69) is 17.4 Å². The van der Waals surface area contributed by atoms with Crippen molar-refractivity contribution in [1.82, 2.24) is 15.7 Å². The van der Waals surface area contributed by atoms with Crippen LogP contribution in [0.25, 0.3) is 11.1 Å². The predicted molar refractivity (Wildman–Crippen MR) is 117 cm³/mol. The molecule has 2 aromatic rings. The van der Waals surface area contributed by atoms with E-state index in [1.807, 2.05) is 36.4 Å². The summed E-state index contributed by atoms with van der Waals surface area (Å²) in [6.45, 7) is 6.43. The third kappa shape index (κ3) is 3.71. The summed E-state index contributed by atoms with van der Waals surface area (Å²) in [6.07, 6.45) is 1.26. The first-order chi connectivity index (χ1) is 14.9. The van der Waals surface area contributed by atoms with Crippen LogP contribution in [0.1, 0.15) is 30.9 Å². The van der Waals surface area contributed by atoms with E-state index in [0.29, 0.717) is 42.8 Å². The molecule has 4 rings (SSSR count). The van der Waals surface area contributed by atoms with Gasteiger partial charge in [0.05, 0.1) is 6.61 Å². The maximum Gasteiger partial charge on any atom is 0.264 e. The van der Waals surface area contributed by atoms with Gasteiger partial charge in [0.25, 0.3) is 5.91 Å². The van der Waals surface area contributed by atoms with Gasteiger partial charge in [0.1, 0.15) is 6.04 Å². The first-order valence-corrected chi connectivity index (χ1v) is 10.5. The summed E-state index contributed by atoms with van der Waals surface area (Å²) in [7, 11) is 0. The van der Waals surface area contributed by atoms with Crippen LogP contribution in [-0.2, 0) is 20.0 Å². The minimum atomic E-state index is -1.80. The van der Waals surface area contributed by atoms with Crippen molar-refractivity contribution in [3.8, 4) is 11.1 Å². The van der Waals surface area contributed by atoms with E-state index in [1.54, 1.807) is 19.1 Å². The first-order valence-electron chi connectivity index (χ1n) is 10.5. The number of likely N-dealkylation sites (tertiary alicyclic amines) is 1. The highest BCUT2D eigenvalue weighted by molar-refractivity contribution is 6.00. The molecule has 7 heteroatoms. The zero-order valence-electron chi connectivity index (χ0n) is 17.6. The molecule has 1 atom stereocenters. The van der Waals surface area contributed by atoms with Crippen LogP contribution < -0.4 is 10.8 Å². The highest BCUT2D eigenvalue weighted by Gasteiger charge is 2.52. The van der Waals surface area contributed by atoms with Crippen LogP contribution in [-0.4, -0.2) is 47.6 Å². The molecule has 2 aromatic carbocycles. The smallest absolute Gasteiger partial charge is 0.264 e. The Morgan fingerprint density at radius 3 is 2.39 bits per heavy atom. The number of hydrogen-bond acceptors (Lipinski definition) is 5. The van der Waals surface area contributed by atoms with Crippen molar-refractivity contribution in [3.05, 3.63) is 71.9 Å². The Balaban J connectivity index is 1.53. The molecule has 2 amide bonds. The van der Waals surface area contributed by atoms with Gasteiger partial charge in [0.2, 0.25) is 5.91 Å². The number of allylic oxidation sites excluding steroid dienone is 1. The van der Waals surface area contributed by atoms with Gasteiger partial charge in [-0.15, -0.1) is 0 Å². The van der Waals surface area contributed by atoms with Crippen molar-refractivity contribution in [2.75, 3.05) is 19.7 Å². The number of fused-ring (bicyclic) bond motifs is 3. The number of nitrogens with zero attached hydrogens (tertiary/aromatic N) is 1. The van der Waals surface area contributed by atoms with E-state index in [4.69, 9.17) is 4.84 Å². The van der Waals surface area contributed by atoms with Crippen molar-refractivity contribution in [3.63, 3.8) is 0 Å². The standard InChI is InChI=1S/C24H27N3O4/c1-16(2)26-31-15-13-25-22(28)21-12-7-14-27(21)23(29)24(30)19-10-5-3-8-17(19)18-9-4-6-11-20(18)24/h3-6,8-11,21,26,30H,1,7,12-15H2,2H3,(H,25,28)/t21-/m0/s1. The Morgan fingerprint density at radius 1 is 1.16 bits per heavy atom. The molecular formula is C24H27N3O4. The van der Waals surface area contributed by atoms with E-state index in [9.17, 15) is 14.7 Å². The van der Waals surface area contributed by atoms with Crippen LogP contribution in [0.15, 0.2) is 60.8 Å². The van der Waals surface area contributed by atoms with E-state index in [1.165, 1.54) is 4.90 Å². The number of benzene rings is 2. The van der Waals surface area contributed by atoms with Gasteiger partial charge in [0, 0.05) is 29.9 Å². The van der Waals surface area contributed by atoms with Crippen molar-refractivity contribution in [2.45, 2.75) is 31.4 Å². The highest BCUT2D eigenvalue weighted by Crippen LogP contribution is 2.48. The van der Waals surface area contributed by atoms with Gasteiger partial charge in [-0.2, -0.15) is 0 Å². The van der Waals surface area contributed by atoms with Gasteiger partial charge < -0.3 is 15.3 Å². The molecule has 1 fully saturated rings. The molecule has 0 unspecified atom stereocenters. The Labute approximate surface area is 181 Å². The van der Waals surface area contributed by atoms with Crippen LogP contribution in [0.2, 0.25) is 0 Å². The summed E-state index contributed by atoms with van der Waals surface area (Å²) >= 11 is 0. The Morgan fingerprint density at radius 2 is 1.77 bits per heavy atom. The van der Waals surface area contributed by atoms with Crippen LogP contribution in [0.5, 0.6) is 0 Å². The molecule has 1 aliphatic carbocycles. The van der Waals surface area contributed by atoms with E-state index in [-0.39, 0.29) is 12.5 Å². The first kappa shape index (κ1) is 21.1. The van der Waals surface area contributed by atoms with Crippen LogP contribution >= 0.6 is 0 Å². The molecule has 0 aromatic heterocycles. The summed E-state index contributed by atoms with van der Waals surface area (Å²) in [6, 6.07) is 14.2.